The fraction of sp³-hybridized carbons (Fsp3) is 0.500. The van der Waals surface area contributed by atoms with Crippen LogP contribution in [0.5, 0.6) is 5.75 Å². The van der Waals surface area contributed by atoms with Gasteiger partial charge in [0, 0.05) is 13.7 Å². The van der Waals surface area contributed by atoms with Crippen molar-refractivity contribution in [2.75, 3.05) is 27.5 Å². The Morgan fingerprint density at radius 3 is 2.68 bits per heavy atom. The van der Waals surface area contributed by atoms with E-state index < -0.39 is 0 Å². The van der Waals surface area contributed by atoms with Crippen molar-refractivity contribution < 1.29 is 19.0 Å². The average molecular weight is 265 g/mol. The highest BCUT2D eigenvalue weighted by Crippen LogP contribution is 2.19. The molecule has 1 fully saturated rings. The van der Waals surface area contributed by atoms with Crippen LogP contribution < -0.4 is 4.74 Å². The minimum absolute atomic E-state index is 0.148. The molecular formula is C14H19NO4. The van der Waals surface area contributed by atoms with Crippen molar-refractivity contribution in [1.29, 1.82) is 0 Å². The second-order valence-electron chi connectivity index (χ2n) is 4.43. The molecule has 1 atom stereocenters. The van der Waals surface area contributed by atoms with Gasteiger partial charge in [0.15, 0.2) is 0 Å². The van der Waals surface area contributed by atoms with Crippen LogP contribution in [0, 0.1) is 0 Å². The van der Waals surface area contributed by atoms with E-state index >= 15 is 0 Å². The first-order chi connectivity index (χ1) is 9.24. The van der Waals surface area contributed by atoms with Gasteiger partial charge in [0.2, 0.25) is 0 Å². The lowest BCUT2D eigenvalue weighted by Crippen LogP contribution is -2.34. The first kappa shape index (κ1) is 13.8. The zero-order valence-corrected chi connectivity index (χ0v) is 11.3. The van der Waals surface area contributed by atoms with Crippen molar-refractivity contribution in [1.82, 2.24) is 4.90 Å². The Bertz CT molecular complexity index is 418. The Morgan fingerprint density at radius 1 is 1.32 bits per heavy atom. The third-order valence-electron chi connectivity index (χ3n) is 3.25. The van der Waals surface area contributed by atoms with Crippen molar-refractivity contribution in [2.45, 2.75) is 19.1 Å². The van der Waals surface area contributed by atoms with Crippen molar-refractivity contribution in [3.05, 3.63) is 29.8 Å². The Hall–Kier alpha value is -1.59. The number of methoxy groups -OCH3 is 2. The molecule has 1 aliphatic heterocycles. The first-order valence-corrected chi connectivity index (χ1v) is 6.32. The van der Waals surface area contributed by atoms with E-state index in [4.69, 9.17) is 9.47 Å². The van der Waals surface area contributed by atoms with Crippen LogP contribution in [-0.2, 0) is 9.47 Å². The Balaban J connectivity index is 1.88. The van der Waals surface area contributed by atoms with Gasteiger partial charge in [-0.25, -0.2) is 9.69 Å². The van der Waals surface area contributed by atoms with E-state index in [2.05, 4.69) is 9.64 Å². The average Bonchev–Trinajstić information content (AvgIpc) is 2.92. The van der Waals surface area contributed by atoms with Crippen LogP contribution in [0.1, 0.15) is 23.2 Å². The predicted octanol–water partition coefficient (Wildman–Crippen LogP) is 1.88. The number of nitrogens with zero attached hydrogens (tertiary/aromatic N) is 1. The van der Waals surface area contributed by atoms with Crippen molar-refractivity contribution in [2.24, 2.45) is 0 Å². The van der Waals surface area contributed by atoms with Gasteiger partial charge >= 0.3 is 5.97 Å². The van der Waals surface area contributed by atoms with Crippen LogP contribution in [-0.4, -0.2) is 44.6 Å². The molecule has 0 aliphatic carbocycles. The maximum absolute atomic E-state index is 11.3. The fourth-order valence-corrected chi connectivity index (χ4v) is 2.17. The lowest BCUT2D eigenvalue weighted by molar-refractivity contribution is -0.0370. The van der Waals surface area contributed by atoms with Gasteiger partial charge in [-0.15, -0.1) is 0 Å². The molecule has 0 saturated carbocycles. The molecule has 0 bridgehead atoms. The van der Waals surface area contributed by atoms with Gasteiger partial charge in [-0.3, -0.25) is 0 Å². The monoisotopic (exact) mass is 265 g/mol. The van der Waals surface area contributed by atoms with Crippen LogP contribution in [0.25, 0.3) is 0 Å². The van der Waals surface area contributed by atoms with E-state index in [0.717, 1.165) is 25.1 Å². The summed E-state index contributed by atoms with van der Waals surface area (Å²) in [5.74, 6) is 0.389. The summed E-state index contributed by atoms with van der Waals surface area (Å²) in [6.07, 6.45) is 2.32. The molecule has 1 aliphatic rings. The Labute approximate surface area is 113 Å². The summed E-state index contributed by atoms with van der Waals surface area (Å²) in [6, 6.07) is 6.92. The maximum atomic E-state index is 11.3. The van der Waals surface area contributed by atoms with E-state index in [1.54, 1.807) is 31.4 Å². The Kier molecular flexibility index (Phi) is 4.76. The molecule has 1 aromatic rings. The second-order valence-corrected chi connectivity index (χ2v) is 4.43. The molecule has 0 radical (unpaired) electrons. The minimum Gasteiger partial charge on any atom is -0.478 e. The van der Waals surface area contributed by atoms with Gasteiger partial charge < -0.3 is 14.2 Å². The smallest absolute Gasteiger partial charge is 0.337 e. The number of carbonyl (C=O) groups excluding carboxylic acids is 1. The summed E-state index contributed by atoms with van der Waals surface area (Å²) in [7, 11) is 3.08. The number of benzene rings is 1. The highest BCUT2D eigenvalue weighted by atomic mass is 16.5. The van der Waals surface area contributed by atoms with E-state index in [9.17, 15) is 4.79 Å². The number of carbonyl (C=O) groups is 1. The molecule has 0 spiro atoms. The number of esters is 1. The molecule has 0 aromatic heterocycles. The summed E-state index contributed by atoms with van der Waals surface area (Å²) in [5, 5.41) is 0. The zero-order chi connectivity index (χ0) is 13.7. The van der Waals surface area contributed by atoms with E-state index in [0.29, 0.717) is 12.3 Å². The molecule has 2 rings (SSSR count). The topological polar surface area (TPSA) is 48.0 Å². The maximum Gasteiger partial charge on any atom is 0.337 e. The van der Waals surface area contributed by atoms with Crippen molar-refractivity contribution in [3.63, 3.8) is 0 Å². The van der Waals surface area contributed by atoms with Gasteiger partial charge in [-0.05, 0) is 37.1 Å². The molecule has 1 heterocycles. The molecule has 1 saturated heterocycles. The quantitative estimate of drug-likeness (QED) is 0.761. The van der Waals surface area contributed by atoms with Crippen molar-refractivity contribution >= 4 is 5.97 Å². The van der Waals surface area contributed by atoms with Crippen LogP contribution in [0.3, 0.4) is 0 Å². The fourth-order valence-electron chi connectivity index (χ4n) is 2.17. The normalized spacial score (nSPS) is 19.4. The van der Waals surface area contributed by atoms with Crippen LogP contribution in [0.15, 0.2) is 24.3 Å². The van der Waals surface area contributed by atoms with Gasteiger partial charge in [0.05, 0.1) is 12.7 Å². The highest BCUT2D eigenvalue weighted by molar-refractivity contribution is 5.89. The second kappa shape index (κ2) is 6.54. The van der Waals surface area contributed by atoms with Crippen molar-refractivity contribution in [3.8, 4) is 5.75 Å². The third-order valence-corrected chi connectivity index (χ3v) is 3.25. The molecular weight excluding hydrogens is 246 g/mol. The molecule has 0 N–H and O–H groups in total. The predicted molar refractivity (Wildman–Crippen MR) is 70.0 cm³/mol. The van der Waals surface area contributed by atoms with E-state index in [1.807, 2.05) is 0 Å². The summed E-state index contributed by atoms with van der Waals surface area (Å²) in [5.41, 5.74) is 0.519. The molecule has 5 nitrogen and oxygen atoms in total. The summed E-state index contributed by atoms with van der Waals surface area (Å²) in [6.45, 7) is 1.48. The number of ether oxygens (including phenoxy) is 3. The van der Waals surface area contributed by atoms with E-state index in [-0.39, 0.29) is 12.2 Å². The molecule has 0 unspecified atom stereocenters. The zero-order valence-electron chi connectivity index (χ0n) is 11.3. The van der Waals surface area contributed by atoms with Crippen LogP contribution >= 0.6 is 0 Å². The van der Waals surface area contributed by atoms with Crippen LogP contribution in [0.2, 0.25) is 0 Å². The largest absolute Gasteiger partial charge is 0.478 e. The number of hydrogen-bond donors (Lipinski definition) is 0. The molecule has 1 aromatic carbocycles. The molecule has 19 heavy (non-hydrogen) atoms. The first-order valence-electron chi connectivity index (χ1n) is 6.32. The van der Waals surface area contributed by atoms with Gasteiger partial charge in [-0.1, -0.05) is 0 Å². The lowest BCUT2D eigenvalue weighted by atomic mass is 10.2. The molecule has 0 amide bonds. The number of rotatable bonds is 5. The third kappa shape index (κ3) is 3.45. The summed E-state index contributed by atoms with van der Waals surface area (Å²) < 4.78 is 15.7. The van der Waals surface area contributed by atoms with E-state index in [1.165, 1.54) is 7.11 Å². The highest BCUT2D eigenvalue weighted by Gasteiger charge is 2.24. The lowest BCUT2D eigenvalue weighted by Gasteiger charge is -2.22. The Morgan fingerprint density at radius 2 is 2.05 bits per heavy atom. The SMILES string of the molecule is COC(=O)c1ccc(OCN2CCC[C@@H]2OC)cc1. The van der Waals surface area contributed by atoms with Gasteiger partial charge in [0.1, 0.15) is 18.7 Å². The summed E-state index contributed by atoms with van der Waals surface area (Å²) >= 11 is 0. The standard InChI is InChI=1S/C14H19NO4/c1-17-13-4-3-9-15(13)10-19-12-7-5-11(6-8-12)14(16)18-2/h5-8,13H,3-4,9-10H2,1-2H3/t13-/m0/s1. The van der Waals surface area contributed by atoms with Gasteiger partial charge in [-0.2, -0.15) is 0 Å². The molecule has 104 valence electrons. The summed E-state index contributed by atoms with van der Waals surface area (Å²) in [4.78, 5) is 13.4. The molecule has 5 heteroatoms. The number of hydrogen-bond acceptors (Lipinski definition) is 5. The minimum atomic E-state index is -0.342. The number of likely N-dealkylation sites (tertiary alicyclic amines) is 1. The van der Waals surface area contributed by atoms with Crippen LogP contribution in [0.4, 0.5) is 0 Å². The van der Waals surface area contributed by atoms with Gasteiger partial charge in [0.25, 0.3) is 0 Å².